The molecule has 2 heterocycles. The van der Waals surface area contributed by atoms with Gasteiger partial charge in [-0.1, -0.05) is 6.07 Å². The van der Waals surface area contributed by atoms with E-state index in [2.05, 4.69) is 4.98 Å². The summed E-state index contributed by atoms with van der Waals surface area (Å²) in [6, 6.07) is 8.99. The zero-order chi connectivity index (χ0) is 18.7. The van der Waals surface area contributed by atoms with Crippen LogP contribution in [0.5, 0.6) is 11.5 Å². The van der Waals surface area contributed by atoms with E-state index < -0.39 is 10.0 Å². The van der Waals surface area contributed by atoms with Crippen LogP contribution in [0.4, 0.5) is 0 Å². The van der Waals surface area contributed by atoms with Gasteiger partial charge in [-0.15, -0.1) is 0 Å². The molecule has 1 saturated heterocycles. The number of piperidine rings is 1. The summed E-state index contributed by atoms with van der Waals surface area (Å²) >= 11 is 0. The third kappa shape index (κ3) is 3.99. The molecule has 1 aromatic carbocycles. The van der Waals surface area contributed by atoms with Gasteiger partial charge in [0.25, 0.3) is 0 Å². The van der Waals surface area contributed by atoms with Crippen molar-refractivity contribution < 1.29 is 17.9 Å². The molecule has 0 atom stereocenters. The largest absolute Gasteiger partial charge is 0.495 e. The molecular formula is C19H24N2O4S. The van der Waals surface area contributed by atoms with E-state index in [1.54, 1.807) is 18.3 Å². The first-order chi connectivity index (χ1) is 12.4. The molecule has 1 aliphatic rings. The summed E-state index contributed by atoms with van der Waals surface area (Å²) in [4.78, 5) is 4.44. The SMILES string of the molecule is COc1ccc(C)cc1S(=O)(=O)N1CCC(Oc2ccc(C)nc2)CC1. The number of pyridine rings is 1. The van der Waals surface area contributed by atoms with Crippen molar-refractivity contribution in [3.63, 3.8) is 0 Å². The summed E-state index contributed by atoms with van der Waals surface area (Å²) in [5.41, 5.74) is 1.82. The second-order valence-electron chi connectivity index (χ2n) is 6.51. The van der Waals surface area contributed by atoms with Gasteiger partial charge in [-0.3, -0.25) is 4.98 Å². The van der Waals surface area contributed by atoms with Gasteiger partial charge >= 0.3 is 0 Å². The van der Waals surface area contributed by atoms with Crippen molar-refractivity contribution in [3.8, 4) is 11.5 Å². The van der Waals surface area contributed by atoms with Gasteiger partial charge in [-0.2, -0.15) is 4.31 Å². The van der Waals surface area contributed by atoms with Crippen molar-refractivity contribution in [2.75, 3.05) is 20.2 Å². The molecule has 1 aromatic heterocycles. The second-order valence-corrected chi connectivity index (χ2v) is 8.42. The minimum Gasteiger partial charge on any atom is -0.495 e. The molecule has 1 aliphatic heterocycles. The highest BCUT2D eigenvalue weighted by Gasteiger charge is 2.32. The maximum Gasteiger partial charge on any atom is 0.246 e. The first kappa shape index (κ1) is 18.7. The smallest absolute Gasteiger partial charge is 0.246 e. The molecule has 0 radical (unpaired) electrons. The van der Waals surface area contributed by atoms with Crippen LogP contribution in [-0.4, -0.2) is 44.0 Å². The van der Waals surface area contributed by atoms with Crippen LogP contribution < -0.4 is 9.47 Å². The van der Waals surface area contributed by atoms with E-state index in [9.17, 15) is 8.42 Å². The molecular weight excluding hydrogens is 352 g/mol. The molecule has 0 saturated carbocycles. The van der Waals surface area contributed by atoms with E-state index in [0.717, 1.165) is 17.0 Å². The Kier molecular flexibility index (Phi) is 5.48. The molecule has 6 nitrogen and oxygen atoms in total. The molecule has 0 bridgehead atoms. The fourth-order valence-corrected chi connectivity index (χ4v) is 4.74. The first-order valence-corrected chi connectivity index (χ1v) is 10.1. The van der Waals surface area contributed by atoms with Crippen LogP contribution in [-0.2, 0) is 10.0 Å². The predicted octanol–water partition coefficient (Wildman–Crippen LogP) is 2.94. The van der Waals surface area contributed by atoms with Crippen LogP contribution in [0.3, 0.4) is 0 Å². The summed E-state index contributed by atoms with van der Waals surface area (Å²) in [5.74, 6) is 1.09. The van der Waals surface area contributed by atoms with Gasteiger partial charge in [0, 0.05) is 18.8 Å². The van der Waals surface area contributed by atoms with E-state index in [4.69, 9.17) is 9.47 Å². The number of aryl methyl sites for hydroxylation is 2. The zero-order valence-electron chi connectivity index (χ0n) is 15.3. The van der Waals surface area contributed by atoms with Gasteiger partial charge in [-0.25, -0.2) is 8.42 Å². The summed E-state index contributed by atoms with van der Waals surface area (Å²) < 4.78 is 38.7. The van der Waals surface area contributed by atoms with Crippen molar-refractivity contribution in [1.29, 1.82) is 0 Å². The lowest BCUT2D eigenvalue weighted by Gasteiger charge is -2.31. The molecule has 1 fully saturated rings. The van der Waals surface area contributed by atoms with Crippen molar-refractivity contribution in [2.45, 2.75) is 37.7 Å². The molecule has 7 heteroatoms. The lowest BCUT2D eigenvalue weighted by Crippen LogP contribution is -2.41. The van der Waals surface area contributed by atoms with Crippen LogP contribution in [0, 0.1) is 13.8 Å². The molecule has 0 aliphatic carbocycles. The van der Waals surface area contributed by atoms with Crippen LogP contribution in [0.15, 0.2) is 41.4 Å². The maximum atomic E-state index is 13.0. The van der Waals surface area contributed by atoms with Crippen LogP contribution >= 0.6 is 0 Å². The average Bonchev–Trinajstić information content (AvgIpc) is 2.64. The maximum absolute atomic E-state index is 13.0. The van der Waals surface area contributed by atoms with Gasteiger partial charge in [0.2, 0.25) is 10.0 Å². The number of sulfonamides is 1. The lowest BCUT2D eigenvalue weighted by molar-refractivity contribution is 0.134. The Bertz CT molecular complexity index is 858. The van der Waals surface area contributed by atoms with Crippen LogP contribution in [0.1, 0.15) is 24.1 Å². The monoisotopic (exact) mass is 376 g/mol. The van der Waals surface area contributed by atoms with E-state index >= 15 is 0 Å². The molecule has 26 heavy (non-hydrogen) atoms. The quantitative estimate of drug-likeness (QED) is 0.802. The Hall–Kier alpha value is -2.12. The zero-order valence-corrected chi connectivity index (χ0v) is 16.1. The topological polar surface area (TPSA) is 68.7 Å². The number of hydrogen-bond acceptors (Lipinski definition) is 5. The molecule has 0 N–H and O–H groups in total. The Morgan fingerprint density at radius 2 is 1.85 bits per heavy atom. The predicted molar refractivity (Wildman–Crippen MR) is 99.1 cm³/mol. The average molecular weight is 376 g/mol. The summed E-state index contributed by atoms with van der Waals surface area (Å²) in [6.45, 7) is 4.63. The fraction of sp³-hybridized carbons (Fsp3) is 0.421. The number of nitrogens with zero attached hydrogens (tertiary/aromatic N) is 2. The molecule has 3 rings (SSSR count). The van der Waals surface area contributed by atoms with Gasteiger partial charge in [-0.05, 0) is 56.5 Å². The first-order valence-electron chi connectivity index (χ1n) is 8.64. The number of rotatable bonds is 5. The van der Waals surface area contributed by atoms with E-state index in [1.807, 2.05) is 32.0 Å². The van der Waals surface area contributed by atoms with E-state index in [-0.39, 0.29) is 11.0 Å². The molecule has 0 spiro atoms. The minimum atomic E-state index is -3.59. The third-order valence-electron chi connectivity index (χ3n) is 4.52. The summed E-state index contributed by atoms with van der Waals surface area (Å²) in [7, 11) is -2.10. The molecule has 2 aromatic rings. The fourth-order valence-electron chi connectivity index (χ4n) is 3.03. The number of benzene rings is 1. The van der Waals surface area contributed by atoms with Crippen LogP contribution in [0.25, 0.3) is 0 Å². The summed E-state index contributed by atoms with van der Waals surface area (Å²) in [6.07, 6.45) is 2.98. The Morgan fingerprint density at radius 1 is 1.12 bits per heavy atom. The second kappa shape index (κ2) is 7.63. The van der Waals surface area contributed by atoms with Crippen molar-refractivity contribution >= 4 is 10.0 Å². The number of hydrogen-bond donors (Lipinski definition) is 0. The van der Waals surface area contributed by atoms with Crippen molar-refractivity contribution in [1.82, 2.24) is 9.29 Å². The standard InChI is InChI=1S/C19H24N2O4S/c1-14-4-7-18(24-3)19(12-14)26(22,23)21-10-8-16(9-11-21)25-17-6-5-15(2)20-13-17/h4-7,12-13,16H,8-11H2,1-3H3. The normalized spacial score (nSPS) is 16.4. The van der Waals surface area contributed by atoms with Gasteiger partial charge in [0.1, 0.15) is 22.5 Å². The van der Waals surface area contributed by atoms with Gasteiger partial charge < -0.3 is 9.47 Å². The van der Waals surface area contributed by atoms with Gasteiger partial charge in [0.05, 0.1) is 13.3 Å². The lowest BCUT2D eigenvalue weighted by atomic mass is 10.1. The molecule has 0 unspecified atom stereocenters. The van der Waals surface area contributed by atoms with Crippen LogP contribution in [0.2, 0.25) is 0 Å². The highest BCUT2D eigenvalue weighted by Crippen LogP contribution is 2.30. The molecule has 0 amide bonds. The third-order valence-corrected chi connectivity index (χ3v) is 6.44. The number of methoxy groups -OCH3 is 1. The molecule has 140 valence electrons. The van der Waals surface area contributed by atoms with E-state index in [0.29, 0.717) is 31.7 Å². The van der Waals surface area contributed by atoms with Crippen molar-refractivity contribution in [2.24, 2.45) is 0 Å². The number of aromatic nitrogens is 1. The summed E-state index contributed by atoms with van der Waals surface area (Å²) in [5, 5.41) is 0. The highest BCUT2D eigenvalue weighted by atomic mass is 32.2. The van der Waals surface area contributed by atoms with E-state index in [1.165, 1.54) is 11.4 Å². The Balaban J connectivity index is 1.69. The van der Waals surface area contributed by atoms with Crippen molar-refractivity contribution in [3.05, 3.63) is 47.8 Å². The number of ether oxygens (including phenoxy) is 2. The van der Waals surface area contributed by atoms with Gasteiger partial charge in [0.15, 0.2) is 0 Å². The highest BCUT2D eigenvalue weighted by molar-refractivity contribution is 7.89. The Labute approximate surface area is 154 Å². The minimum absolute atomic E-state index is 0.00892. The Morgan fingerprint density at radius 3 is 2.46 bits per heavy atom.